The van der Waals surface area contributed by atoms with E-state index >= 15 is 0 Å². The van der Waals surface area contributed by atoms with Crippen LogP contribution in [0.15, 0.2) is 11.6 Å². The van der Waals surface area contributed by atoms with E-state index < -0.39 is 0 Å². The standard InChI is InChI=1S/C9H12/c1-2-7-3-8-5-9(8,4-7)6-8/h3H,2,4-6H2,1H3. The van der Waals surface area contributed by atoms with Crippen LogP contribution >= 0.6 is 0 Å². The fourth-order valence-corrected chi connectivity index (χ4v) is 2.73. The van der Waals surface area contributed by atoms with Gasteiger partial charge in [0.2, 0.25) is 0 Å². The molecule has 0 saturated heterocycles. The Bertz CT molecular complexity index is 204. The Morgan fingerprint density at radius 3 is 2.67 bits per heavy atom. The minimum Gasteiger partial charge on any atom is -0.0785 e. The van der Waals surface area contributed by atoms with Crippen LogP contribution in [0.5, 0.6) is 0 Å². The van der Waals surface area contributed by atoms with Gasteiger partial charge in [-0.05, 0) is 36.5 Å². The molecule has 0 nitrogen and oxygen atoms in total. The summed E-state index contributed by atoms with van der Waals surface area (Å²) in [5.74, 6) is 0. The summed E-state index contributed by atoms with van der Waals surface area (Å²) in [6.07, 6.45) is 8.44. The van der Waals surface area contributed by atoms with Crippen molar-refractivity contribution >= 4 is 0 Å². The quantitative estimate of drug-likeness (QED) is 0.466. The maximum absolute atomic E-state index is 2.58. The highest BCUT2D eigenvalue weighted by atomic mass is 14.9. The van der Waals surface area contributed by atoms with Crippen molar-refractivity contribution in [1.82, 2.24) is 0 Å². The molecule has 0 radical (unpaired) electrons. The van der Waals surface area contributed by atoms with Gasteiger partial charge in [-0.25, -0.2) is 0 Å². The predicted molar refractivity (Wildman–Crippen MR) is 37.1 cm³/mol. The first-order chi connectivity index (χ1) is 4.30. The summed E-state index contributed by atoms with van der Waals surface area (Å²) in [6, 6.07) is 0. The largest absolute Gasteiger partial charge is 0.0785 e. The van der Waals surface area contributed by atoms with Gasteiger partial charge in [0.25, 0.3) is 0 Å². The molecule has 0 atom stereocenters. The molecule has 0 bridgehead atoms. The third-order valence-corrected chi connectivity index (χ3v) is 3.61. The molecule has 3 aliphatic rings. The second-order valence-electron chi connectivity index (χ2n) is 4.12. The smallest absolute Gasteiger partial charge is 0.00440 e. The molecular formula is C9H12. The van der Waals surface area contributed by atoms with E-state index in [0.717, 1.165) is 10.8 Å². The third-order valence-electron chi connectivity index (χ3n) is 3.61. The third kappa shape index (κ3) is 0.309. The maximum Gasteiger partial charge on any atom is -0.00440 e. The highest BCUT2D eigenvalue weighted by molar-refractivity contribution is 5.47. The van der Waals surface area contributed by atoms with Crippen molar-refractivity contribution in [1.29, 1.82) is 0 Å². The average molecular weight is 120 g/mol. The summed E-state index contributed by atoms with van der Waals surface area (Å²) < 4.78 is 0. The van der Waals surface area contributed by atoms with Crippen LogP contribution in [0.3, 0.4) is 0 Å². The van der Waals surface area contributed by atoms with Gasteiger partial charge in [-0.15, -0.1) is 0 Å². The monoisotopic (exact) mass is 120 g/mol. The van der Waals surface area contributed by atoms with E-state index in [1.165, 1.54) is 12.8 Å². The molecule has 0 unspecified atom stereocenters. The number of hydrogen-bond acceptors (Lipinski definition) is 0. The summed E-state index contributed by atoms with van der Waals surface area (Å²) in [6.45, 7) is 2.28. The van der Waals surface area contributed by atoms with Gasteiger partial charge < -0.3 is 0 Å². The summed E-state index contributed by atoms with van der Waals surface area (Å²) >= 11 is 0. The second kappa shape index (κ2) is 0.902. The SMILES string of the molecule is CCC1=CC23CC2(C1)C3. The number of allylic oxidation sites excluding steroid dienone is 2. The Kier molecular flexibility index (Phi) is 0.455. The minimum atomic E-state index is 0.818. The first kappa shape index (κ1) is 4.54. The molecule has 0 aromatic carbocycles. The Balaban J connectivity index is 1.99. The highest BCUT2D eigenvalue weighted by Crippen LogP contribution is 2.92. The van der Waals surface area contributed by atoms with Crippen molar-refractivity contribution in [2.45, 2.75) is 32.6 Å². The van der Waals surface area contributed by atoms with Crippen LogP contribution in [0.1, 0.15) is 32.6 Å². The van der Waals surface area contributed by atoms with Crippen LogP contribution in [0.25, 0.3) is 0 Å². The molecule has 3 rings (SSSR count). The van der Waals surface area contributed by atoms with E-state index in [-0.39, 0.29) is 0 Å². The normalized spacial score (nSPS) is 58.1. The van der Waals surface area contributed by atoms with Crippen molar-refractivity contribution in [3.8, 4) is 0 Å². The van der Waals surface area contributed by atoms with E-state index in [9.17, 15) is 0 Å². The Hall–Kier alpha value is -0.260. The molecule has 2 saturated carbocycles. The molecule has 2 fully saturated rings. The molecule has 0 aliphatic heterocycles. The molecule has 3 aliphatic carbocycles. The van der Waals surface area contributed by atoms with E-state index in [2.05, 4.69) is 13.0 Å². The van der Waals surface area contributed by atoms with Gasteiger partial charge in [0, 0.05) is 0 Å². The van der Waals surface area contributed by atoms with E-state index in [4.69, 9.17) is 0 Å². The minimum absolute atomic E-state index is 0.818. The van der Waals surface area contributed by atoms with Gasteiger partial charge in [0.15, 0.2) is 0 Å². The van der Waals surface area contributed by atoms with Crippen molar-refractivity contribution in [3.05, 3.63) is 11.6 Å². The number of rotatable bonds is 1. The fourth-order valence-electron chi connectivity index (χ4n) is 2.73. The molecule has 0 heteroatoms. The summed E-state index contributed by atoms with van der Waals surface area (Å²) in [4.78, 5) is 0. The van der Waals surface area contributed by atoms with Crippen LogP contribution in [-0.4, -0.2) is 0 Å². The zero-order valence-electron chi connectivity index (χ0n) is 5.91. The topological polar surface area (TPSA) is 0 Å². The lowest BCUT2D eigenvalue weighted by Gasteiger charge is -2.07. The van der Waals surface area contributed by atoms with Gasteiger partial charge in [-0.1, -0.05) is 18.6 Å². The van der Waals surface area contributed by atoms with Crippen LogP contribution in [0.4, 0.5) is 0 Å². The zero-order chi connectivity index (χ0) is 6.11. The molecule has 0 amide bonds. The molecule has 48 valence electrons. The lowest BCUT2D eigenvalue weighted by atomic mass is 9.98. The van der Waals surface area contributed by atoms with Crippen molar-refractivity contribution in [2.75, 3.05) is 0 Å². The number of hydrogen-bond donors (Lipinski definition) is 0. The van der Waals surface area contributed by atoms with Gasteiger partial charge in [0.1, 0.15) is 0 Å². The molecule has 9 heavy (non-hydrogen) atoms. The second-order valence-corrected chi connectivity index (χ2v) is 4.12. The van der Waals surface area contributed by atoms with Crippen LogP contribution in [0.2, 0.25) is 0 Å². The fraction of sp³-hybridized carbons (Fsp3) is 0.778. The molecule has 0 aromatic rings. The Morgan fingerprint density at radius 2 is 2.33 bits per heavy atom. The van der Waals surface area contributed by atoms with Crippen molar-refractivity contribution in [3.63, 3.8) is 0 Å². The van der Waals surface area contributed by atoms with Crippen molar-refractivity contribution < 1.29 is 0 Å². The lowest BCUT2D eigenvalue weighted by Crippen LogP contribution is -1.92. The molecule has 0 heterocycles. The van der Waals surface area contributed by atoms with Gasteiger partial charge in [-0.3, -0.25) is 0 Å². The summed E-state index contributed by atoms with van der Waals surface area (Å²) in [5, 5.41) is 0. The van der Waals surface area contributed by atoms with Crippen LogP contribution < -0.4 is 0 Å². The van der Waals surface area contributed by atoms with E-state index in [0.29, 0.717) is 0 Å². The van der Waals surface area contributed by atoms with E-state index in [1.54, 1.807) is 18.4 Å². The summed E-state index contributed by atoms with van der Waals surface area (Å²) in [7, 11) is 0. The first-order valence-corrected chi connectivity index (χ1v) is 4.01. The van der Waals surface area contributed by atoms with Gasteiger partial charge in [0.05, 0.1) is 0 Å². The van der Waals surface area contributed by atoms with Gasteiger partial charge >= 0.3 is 0 Å². The molecule has 0 N–H and O–H groups in total. The summed E-state index contributed by atoms with van der Waals surface area (Å²) in [5.41, 5.74) is 3.45. The first-order valence-electron chi connectivity index (χ1n) is 4.01. The molecule has 0 aromatic heterocycles. The zero-order valence-corrected chi connectivity index (χ0v) is 5.91. The van der Waals surface area contributed by atoms with Crippen molar-refractivity contribution in [2.24, 2.45) is 10.8 Å². The Labute approximate surface area is 56.0 Å². The molecule has 0 spiro atoms. The maximum atomic E-state index is 2.58. The van der Waals surface area contributed by atoms with Gasteiger partial charge in [-0.2, -0.15) is 0 Å². The molecular weight excluding hydrogens is 108 g/mol. The van der Waals surface area contributed by atoms with Crippen LogP contribution in [0, 0.1) is 10.8 Å². The Morgan fingerprint density at radius 1 is 1.56 bits per heavy atom. The highest BCUT2D eigenvalue weighted by Gasteiger charge is 2.83. The predicted octanol–water partition coefficient (Wildman–Crippen LogP) is 2.51. The van der Waals surface area contributed by atoms with Crippen LogP contribution in [-0.2, 0) is 0 Å². The van der Waals surface area contributed by atoms with E-state index in [1.807, 2.05) is 0 Å². The average Bonchev–Trinajstić information content (AvgIpc) is 2.51. The lowest BCUT2D eigenvalue weighted by molar-refractivity contribution is 0.609.